The summed E-state index contributed by atoms with van der Waals surface area (Å²) in [5.74, 6) is -0.204. The van der Waals surface area contributed by atoms with E-state index in [0.29, 0.717) is 17.4 Å². The van der Waals surface area contributed by atoms with Crippen LogP contribution in [0.15, 0.2) is 12.2 Å². The van der Waals surface area contributed by atoms with Crippen molar-refractivity contribution in [2.75, 3.05) is 40.9 Å². The summed E-state index contributed by atoms with van der Waals surface area (Å²) in [5.41, 5.74) is 0. The zero-order valence-electron chi connectivity index (χ0n) is 27.2. The Bertz CT molecular complexity index is 698. The van der Waals surface area contributed by atoms with E-state index >= 15 is 0 Å². The quantitative estimate of drug-likeness (QED) is 0.0410. The molecular formula is C32H65N2O6P. The third kappa shape index (κ3) is 27.8. The van der Waals surface area contributed by atoms with E-state index in [1.54, 1.807) is 6.08 Å². The van der Waals surface area contributed by atoms with E-state index < -0.39 is 20.0 Å². The Morgan fingerprint density at radius 2 is 1.32 bits per heavy atom. The van der Waals surface area contributed by atoms with Gasteiger partial charge in [-0.15, -0.1) is 0 Å². The number of phosphoric acid groups is 1. The molecule has 0 aliphatic rings. The van der Waals surface area contributed by atoms with Gasteiger partial charge < -0.3 is 28.8 Å². The topological polar surface area (TPSA) is 108 Å². The van der Waals surface area contributed by atoms with Crippen LogP contribution in [0.2, 0.25) is 0 Å². The van der Waals surface area contributed by atoms with E-state index in [0.717, 1.165) is 38.5 Å². The molecule has 0 radical (unpaired) electrons. The zero-order chi connectivity index (χ0) is 30.8. The average Bonchev–Trinajstić information content (AvgIpc) is 2.90. The highest BCUT2D eigenvalue weighted by atomic mass is 31.2. The molecule has 0 heterocycles. The first-order chi connectivity index (χ1) is 19.5. The second-order valence-corrected chi connectivity index (χ2v) is 13.9. The minimum Gasteiger partial charge on any atom is -0.756 e. The van der Waals surface area contributed by atoms with Crippen LogP contribution < -0.4 is 10.2 Å². The summed E-state index contributed by atoms with van der Waals surface area (Å²) in [7, 11) is 1.26. The van der Waals surface area contributed by atoms with Crippen LogP contribution in [0.1, 0.15) is 136 Å². The monoisotopic (exact) mass is 604 g/mol. The molecule has 9 heteroatoms. The molecule has 3 atom stereocenters. The Hall–Kier alpha value is -0.760. The SMILES string of the molecule is CCCCCCCCC/C=C/C(O)C(COP(=O)([O-])OCC[N+](C)(C)C)NC(=O)CCCCCCCCCCCC. The molecule has 0 bridgehead atoms. The number of carbonyl (C=O) groups is 1. The summed E-state index contributed by atoms with van der Waals surface area (Å²) < 4.78 is 22.9. The normalized spacial score (nSPS) is 15.2. The van der Waals surface area contributed by atoms with E-state index in [9.17, 15) is 19.4 Å². The number of carbonyl (C=O) groups excluding carboxylic acids is 1. The standard InChI is InChI=1S/C32H65N2O6P/c1-6-8-10-12-14-16-18-20-22-24-26-32(36)33-30(29-40-41(37,38)39-28-27-34(3,4)5)31(35)25-23-21-19-17-15-13-11-9-7-2/h23,25,30-31,35H,6-22,24,26-29H2,1-5H3,(H-,33,36,37,38)/b25-23+. The maximum Gasteiger partial charge on any atom is 0.268 e. The molecule has 0 aromatic rings. The van der Waals surface area contributed by atoms with Gasteiger partial charge in [0.25, 0.3) is 7.82 Å². The molecule has 244 valence electrons. The van der Waals surface area contributed by atoms with Crippen molar-refractivity contribution in [2.24, 2.45) is 0 Å². The highest BCUT2D eigenvalue weighted by molar-refractivity contribution is 7.45. The van der Waals surface area contributed by atoms with Crippen LogP contribution in [0.4, 0.5) is 0 Å². The lowest BCUT2D eigenvalue weighted by atomic mass is 10.1. The summed E-state index contributed by atoms with van der Waals surface area (Å²) in [5, 5.41) is 13.6. The van der Waals surface area contributed by atoms with Crippen molar-refractivity contribution in [3.05, 3.63) is 12.2 Å². The lowest BCUT2D eigenvalue weighted by Crippen LogP contribution is -2.45. The van der Waals surface area contributed by atoms with E-state index in [1.165, 1.54) is 77.0 Å². The van der Waals surface area contributed by atoms with Gasteiger partial charge in [0.05, 0.1) is 39.9 Å². The van der Waals surface area contributed by atoms with Crippen LogP contribution in [-0.4, -0.2) is 68.5 Å². The molecule has 0 spiro atoms. The van der Waals surface area contributed by atoms with Crippen LogP contribution in [0.25, 0.3) is 0 Å². The van der Waals surface area contributed by atoms with Crippen molar-refractivity contribution >= 4 is 13.7 Å². The molecule has 1 amide bonds. The number of amides is 1. The largest absolute Gasteiger partial charge is 0.756 e. The molecule has 0 saturated carbocycles. The Labute approximate surface area is 252 Å². The van der Waals surface area contributed by atoms with Crippen molar-refractivity contribution in [3.8, 4) is 0 Å². The van der Waals surface area contributed by atoms with Crippen LogP contribution in [-0.2, 0) is 18.4 Å². The number of hydrogen-bond acceptors (Lipinski definition) is 6. The number of aliphatic hydroxyl groups excluding tert-OH is 1. The number of likely N-dealkylation sites (N-methyl/N-ethyl adjacent to an activating group) is 1. The molecule has 2 N–H and O–H groups in total. The molecule has 0 aromatic heterocycles. The second-order valence-electron chi connectivity index (χ2n) is 12.5. The molecule has 0 aliphatic heterocycles. The average molecular weight is 605 g/mol. The summed E-state index contributed by atoms with van der Waals surface area (Å²) in [6.07, 6.45) is 24.0. The van der Waals surface area contributed by atoms with Gasteiger partial charge in [0, 0.05) is 6.42 Å². The number of nitrogens with zero attached hydrogens (tertiary/aromatic N) is 1. The van der Waals surface area contributed by atoms with Crippen molar-refractivity contribution in [3.63, 3.8) is 0 Å². The zero-order valence-corrected chi connectivity index (χ0v) is 28.1. The Morgan fingerprint density at radius 1 is 0.829 bits per heavy atom. The smallest absolute Gasteiger partial charge is 0.268 e. The van der Waals surface area contributed by atoms with E-state index in [-0.39, 0.29) is 19.1 Å². The van der Waals surface area contributed by atoms with Gasteiger partial charge in [-0.2, -0.15) is 0 Å². The molecule has 0 aliphatic carbocycles. The first-order valence-electron chi connectivity index (χ1n) is 16.6. The van der Waals surface area contributed by atoms with Crippen LogP contribution in [0.3, 0.4) is 0 Å². The number of rotatable bonds is 29. The van der Waals surface area contributed by atoms with Crippen LogP contribution in [0, 0.1) is 0 Å². The molecule has 0 saturated heterocycles. The van der Waals surface area contributed by atoms with Gasteiger partial charge in [0.1, 0.15) is 13.2 Å². The molecule has 8 nitrogen and oxygen atoms in total. The van der Waals surface area contributed by atoms with Gasteiger partial charge in [0.2, 0.25) is 5.91 Å². The van der Waals surface area contributed by atoms with Crippen LogP contribution >= 0.6 is 7.82 Å². The first-order valence-corrected chi connectivity index (χ1v) is 18.0. The highest BCUT2D eigenvalue weighted by Gasteiger charge is 2.23. The molecule has 0 fully saturated rings. The van der Waals surface area contributed by atoms with E-state index in [2.05, 4.69) is 19.2 Å². The maximum absolute atomic E-state index is 12.6. The van der Waals surface area contributed by atoms with Crippen LogP contribution in [0.5, 0.6) is 0 Å². The molecule has 3 unspecified atom stereocenters. The van der Waals surface area contributed by atoms with Gasteiger partial charge in [-0.25, -0.2) is 0 Å². The van der Waals surface area contributed by atoms with E-state index in [1.807, 2.05) is 27.2 Å². The number of allylic oxidation sites excluding steroid dienone is 1. The fraction of sp³-hybridized carbons (Fsp3) is 0.906. The fourth-order valence-corrected chi connectivity index (χ4v) is 5.22. The van der Waals surface area contributed by atoms with Gasteiger partial charge >= 0.3 is 0 Å². The maximum atomic E-state index is 12.6. The number of aliphatic hydroxyl groups is 1. The third-order valence-corrected chi connectivity index (χ3v) is 8.21. The van der Waals surface area contributed by atoms with Crippen molar-refractivity contribution < 1.29 is 32.9 Å². The Balaban J connectivity index is 4.63. The summed E-state index contributed by atoms with van der Waals surface area (Å²) in [4.78, 5) is 24.9. The van der Waals surface area contributed by atoms with Crippen molar-refractivity contribution in [2.45, 2.75) is 148 Å². The lowest BCUT2D eigenvalue weighted by Gasteiger charge is -2.29. The summed E-state index contributed by atoms with van der Waals surface area (Å²) in [6.45, 7) is 4.56. The molecule has 0 rings (SSSR count). The third-order valence-electron chi connectivity index (χ3n) is 7.25. The van der Waals surface area contributed by atoms with Gasteiger partial charge in [0.15, 0.2) is 0 Å². The number of hydrogen-bond donors (Lipinski definition) is 2. The highest BCUT2D eigenvalue weighted by Crippen LogP contribution is 2.38. The van der Waals surface area contributed by atoms with Gasteiger partial charge in [-0.1, -0.05) is 122 Å². The Morgan fingerprint density at radius 3 is 1.83 bits per heavy atom. The molecule has 41 heavy (non-hydrogen) atoms. The van der Waals surface area contributed by atoms with Crippen molar-refractivity contribution in [1.29, 1.82) is 0 Å². The predicted molar refractivity (Wildman–Crippen MR) is 169 cm³/mol. The van der Waals surface area contributed by atoms with Gasteiger partial charge in [-0.05, 0) is 19.3 Å². The number of unbranched alkanes of at least 4 members (excludes halogenated alkanes) is 16. The first kappa shape index (κ1) is 40.2. The van der Waals surface area contributed by atoms with Crippen molar-refractivity contribution in [1.82, 2.24) is 5.32 Å². The van der Waals surface area contributed by atoms with E-state index in [4.69, 9.17) is 9.05 Å². The lowest BCUT2D eigenvalue weighted by molar-refractivity contribution is -0.870. The number of phosphoric ester groups is 1. The summed E-state index contributed by atoms with van der Waals surface area (Å²) >= 11 is 0. The number of nitrogens with one attached hydrogen (secondary N) is 1. The fourth-order valence-electron chi connectivity index (χ4n) is 4.50. The summed E-state index contributed by atoms with van der Waals surface area (Å²) in [6, 6.07) is -0.875. The predicted octanol–water partition coefficient (Wildman–Crippen LogP) is 7.05. The van der Waals surface area contributed by atoms with Gasteiger partial charge in [-0.3, -0.25) is 9.36 Å². The minimum absolute atomic E-state index is 0.000937. The number of quaternary nitrogens is 1. The Kier molecular flexibility index (Phi) is 25.2. The minimum atomic E-state index is -4.56. The second kappa shape index (κ2) is 25.7. The molecular weight excluding hydrogens is 539 g/mol. The molecule has 0 aromatic carbocycles.